The van der Waals surface area contributed by atoms with Crippen molar-refractivity contribution in [1.29, 1.82) is 0 Å². The molecule has 0 aliphatic carbocycles. The number of para-hydroxylation sites is 2. The fourth-order valence-electron chi connectivity index (χ4n) is 1.86. The molecule has 88 valence electrons. The van der Waals surface area contributed by atoms with Gasteiger partial charge in [-0.3, -0.25) is 0 Å². The van der Waals surface area contributed by atoms with Crippen LogP contribution in [0.5, 0.6) is 5.88 Å². The van der Waals surface area contributed by atoms with Crippen LogP contribution >= 0.6 is 0 Å². The van der Waals surface area contributed by atoms with Crippen LogP contribution in [0.2, 0.25) is 0 Å². The van der Waals surface area contributed by atoms with Crippen molar-refractivity contribution in [3.8, 4) is 5.88 Å². The van der Waals surface area contributed by atoms with Gasteiger partial charge in [-0.15, -0.1) is 0 Å². The predicted molar refractivity (Wildman–Crippen MR) is 69.1 cm³/mol. The molecule has 0 atom stereocenters. The Hall–Kier alpha value is -2.62. The van der Waals surface area contributed by atoms with Crippen molar-refractivity contribution in [2.45, 2.75) is 0 Å². The van der Waals surface area contributed by atoms with Crippen LogP contribution in [0.25, 0.3) is 10.9 Å². The third kappa shape index (κ3) is 1.84. The van der Waals surface area contributed by atoms with Crippen LogP contribution in [0.1, 0.15) is 0 Å². The molecule has 0 aliphatic heterocycles. The molecule has 3 N–H and O–H groups in total. The zero-order valence-corrected chi connectivity index (χ0v) is 9.59. The van der Waals surface area contributed by atoms with Crippen LogP contribution in [0.3, 0.4) is 0 Å². The van der Waals surface area contributed by atoms with Crippen LogP contribution in [-0.4, -0.2) is 10.1 Å². The van der Waals surface area contributed by atoms with E-state index in [2.05, 4.69) is 15.2 Å². The van der Waals surface area contributed by atoms with Gasteiger partial charge in [0.2, 0.25) is 0 Å². The van der Waals surface area contributed by atoms with Crippen molar-refractivity contribution in [2.24, 2.45) is 5.11 Å². The average Bonchev–Trinajstić information content (AvgIpc) is 2.73. The Kier molecular flexibility index (Phi) is 2.53. The third-order valence-electron chi connectivity index (χ3n) is 2.74. The number of nitrogens with zero attached hydrogens (tertiary/aromatic N) is 1. The number of benzene rings is 2. The first kappa shape index (κ1) is 10.5. The SMILES string of the molecule is Oc1[nH]c2ccccc2c1[NH+]=Nc1ccccc1. The Morgan fingerprint density at radius 3 is 2.50 bits per heavy atom. The molecule has 3 rings (SSSR count). The van der Waals surface area contributed by atoms with Crippen molar-refractivity contribution in [3.05, 3.63) is 54.6 Å². The molecule has 1 heterocycles. The van der Waals surface area contributed by atoms with E-state index in [-0.39, 0.29) is 5.88 Å². The van der Waals surface area contributed by atoms with Gasteiger partial charge in [-0.25, -0.2) is 0 Å². The van der Waals surface area contributed by atoms with Crippen molar-refractivity contribution >= 4 is 22.3 Å². The van der Waals surface area contributed by atoms with Gasteiger partial charge in [0, 0.05) is 0 Å². The first-order valence-corrected chi connectivity index (χ1v) is 5.66. The molecular weight excluding hydrogens is 226 g/mol. The van der Waals surface area contributed by atoms with Gasteiger partial charge in [0.25, 0.3) is 11.6 Å². The summed E-state index contributed by atoms with van der Waals surface area (Å²) in [6.07, 6.45) is 0. The molecule has 0 radical (unpaired) electrons. The van der Waals surface area contributed by atoms with Crippen LogP contribution < -0.4 is 5.11 Å². The van der Waals surface area contributed by atoms with Gasteiger partial charge < -0.3 is 10.1 Å². The topological polar surface area (TPSA) is 62.3 Å². The van der Waals surface area contributed by atoms with Crippen molar-refractivity contribution in [1.82, 2.24) is 4.98 Å². The van der Waals surface area contributed by atoms with E-state index in [9.17, 15) is 5.11 Å². The number of H-pyrrole nitrogens is 1. The number of rotatable bonds is 2. The van der Waals surface area contributed by atoms with E-state index in [1.54, 1.807) is 0 Å². The van der Waals surface area contributed by atoms with Crippen molar-refractivity contribution in [3.63, 3.8) is 0 Å². The van der Waals surface area contributed by atoms with Crippen LogP contribution in [0, 0.1) is 0 Å². The second-order valence-corrected chi connectivity index (χ2v) is 3.95. The van der Waals surface area contributed by atoms with E-state index in [0.717, 1.165) is 16.6 Å². The summed E-state index contributed by atoms with van der Waals surface area (Å²) in [6, 6.07) is 17.2. The third-order valence-corrected chi connectivity index (χ3v) is 2.74. The molecule has 0 saturated carbocycles. The fraction of sp³-hybridized carbons (Fsp3) is 0. The highest BCUT2D eigenvalue weighted by molar-refractivity contribution is 5.91. The van der Waals surface area contributed by atoms with Gasteiger partial charge in [0.15, 0.2) is 0 Å². The molecule has 1 aromatic heterocycles. The summed E-state index contributed by atoms with van der Waals surface area (Å²) in [5, 5.41) is 17.9. The summed E-state index contributed by atoms with van der Waals surface area (Å²) in [4.78, 5) is 2.90. The minimum Gasteiger partial charge on any atom is -0.490 e. The number of aromatic nitrogens is 1. The highest BCUT2D eigenvalue weighted by Gasteiger charge is 2.14. The summed E-state index contributed by atoms with van der Waals surface area (Å²) in [6.45, 7) is 0. The standard InChI is InChI=1S/C14H11N3O/c18-14-13(11-8-4-5-9-12(11)15-14)17-16-10-6-2-1-3-7-10/h1-9,15,18H/p+1. The van der Waals surface area contributed by atoms with Crippen LogP contribution in [0.15, 0.2) is 59.7 Å². The predicted octanol–water partition coefficient (Wildman–Crippen LogP) is 2.37. The van der Waals surface area contributed by atoms with E-state index in [1.807, 2.05) is 54.6 Å². The molecule has 3 aromatic rings. The van der Waals surface area contributed by atoms with Crippen molar-refractivity contribution in [2.75, 3.05) is 0 Å². The monoisotopic (exact) mass is 238 g/mol. The number of aromatic amines is 1. The van der Waals surface area contributed by atoms with Gasteiger partial charge in [-0.05, 0) is 29.4 Å². The van der Waals surface area contributed by atoms with Gasteiger partial charge >= 0.3 is 0 Å². The molecule has 0 saturated heterocycles. The lowest BCUT2D eigenvalue weighted by molar-refractivity contribution is -0.432. The number of hydrogen-bond donors (Lipinski definition) is 3. The van der Waals surface area contributed by atoms with Gasteiger partial charge in [-0.1, -0.05) is 35.4 Å². The van der Waals surface area contributed by atoms with Gasteiger partial charge in [0.1, 0.15) is 5.69 Å². The molecule has 0 fully saturated rings. The molecule has 0 aliphatic rings. The lowest BCUT2D eigenvalue weighted by Gasteiger charge is -1.86. The molecule has 0 spiro atoms. The molecule has 4 nitrogen and oxygen atoms in total. The molecule has 2 aromatic carbocycles. The summed E-state index contributed by atoms with van der Waals surface area (Å²) in [5.74, 6) is 0.0934. The number of azo groups is 1. The van der Waals surface area contributed by atoms with E-state index in [1.165, 1.54) is 0 Å². The number of hydrogen-bond acceptors (Lipinski definition) is 2. The Morgan fingerprint density at radius 2 is 1.67 bits per heavy atom. The summed E-state index contributed by atoms with van der Waals surface area (Å²) >= 11 is 0. The second-order valence-electron chi connectivity index (χ2n) is 3.95. The molecule has 0 unspecified atom stereocenters. The Morgan fingerprint density at radius 1 is 0.944 bits per heavy atom. The highest BCUT2D eigenvalue weighted by atomic mass is 16.3. The Balaban J connectivity index is 2.05. The quantitative estimate of drug-likeness (QED) is 0.590. The summed E-state index contributed by atoms with van der Waals surface area (Å²) < 4.78 is 0. The highest BCUT2D eigenvalue weighted by Crippen LogP contribution is 2.27. The molecule has 18 heavy (non-hydrogen) atoms. The molecule has 0 bridgehead atoms. The molecular formula is C14H12N3O+. The maximum Gasteiger partial charge on any atom is 0.298 e. The zero-order chi connectivity index (χ0) is 12.4. The van der Waals surface area contributed by atoms with E-state index in [0.29, 0.717) is 5.69 Å². The lowest BCUT2D eigenvalue weighted by atomic mass is 10.2. The number of aromatic hydroxyl groups is 1. The minimum atomic E-state index is 0.0934. The Labute approximate surface area is 104 Å². The van der Waals surface area contributed by atoms with E-state index >= 15 is 0 Å². The molecule has 0 amide bonds. The normalized spacial score (nSPS) is 11.3. The second kappa shape index (κ2) is 4.33. The largest absolute Gasteiger partial charge is 0.490 e. The van der Waals surface area contributed by atoms with Crippen LogP contribution in [-0.2, 0) is 0 Å². The fourth-order valence-corrected chi connectivity index (χ4v) is 1.86. The summed E-state index contributed by atoms with van der Waals surface area (Å²) in [5.41, 5.74) is 2.28. The smallest absolute Gasteiger partial charge is 0.298 e. The number of nitrogens with one attached hydrogen (secondary N) is 2. The molecule has 4 heteroatoms. The maximum absolute atomic E-state index is 9.83. The minimum absolute atomic E-state index is 0.0934. The zero-order valence-electron chi connectivity index (χ0n) is 9.59. The maximum atomic E-state index is 9.83. The first-order chi connectivity index (χ1) is 8.84. The van der Waals surface area contributed by atoms with Crippen molar-refractivity contribution < 1.29 is 10.2 Å². The first-order valence-electron chi connectivity index (χ1n) is 5.66. The average molecular weight is 238 g/mol. The van der Waals surface area contributed by atoms with Gasteiger partial charge in [-0.2, -0.15) is 0 Å². The van der Waals surface area contributed by atoms with E-state index < -0.39 is 0 Å². The van der Waals surface area contributed by atoms with Gasteiger partial charge in [0.05, 0.1) is 10.9 Å². The van der Waals surface area contributed by atoms with Crippen LogP contribution in [0.4, 0.5) is 11.4 Å². The lowest BCUT2D eigenvalue weighted by Crippen LogP contribution is -2.57. The van der Waals surface area contributed by atoms with E-state index in [4.69, 9.17) is 0 Å². The number of fused-ring (bicyclic) bond motifs is 1. The summed E-state index contributed by atoms with van der Waals surface area (Å²) in [7, 11) is 0. The Bertz CT molecular complexity index is 701.